The summed E-state index contributed by atoms with van der Waals surface area (Å²) in [5.74, 6) is 1.46. The number of nitrogens with one attached hydrogen (secondary N) is 1. The molecule has 0 spiro atoms. The van der Waals surface area contributed by atoms with Crippen molar-refractivity contribution in [3.05, 3.63) is 42.2 Å². The summed E-state index contributed by atoms with van der Waals surface area (Å²) >= 11 is 0. The topological polar surface area (TPSA) is 29.9 Å². The summed E-state index contributed by atoms with van der Waals surface area (Å²) in [6, 6.07) is 8.52. The van der Waals surface area contributed by atoms with Crippen molar-refractivity contribution >= 4 is 11.6 Å². The van der Waals surface area contributed by atoms with E-state index in [4.69, 9.17) is 0 Å². The van der Waals surface area contributed by atoms with Gasteiger partial charge in [0.05, 0.1) is 0 Å². The smallest absolute Gasteiger partial charge is 0.207 e. The molecule has 3 nitrogen and oxygen atoms in total. The molecule has 96 valence electrons. The van der Waals surface area contributed by atoms with Crippen LogP contribution in [0.5, 0.6) is 0 Å². The van der Waals surface area contributed by atoms with Gasteiger partial charge in [-0.3, -0.25) is 0 Å². The molecule has 0 aliphatic rings. The first-order valence-electron chi connectivity index (χ1n) is 6.59. The van der Waals surface area contributed by atoms with Gasteiger partial charge in [-0.25, -0.2) is 4.98 Å². The fourth-order valence-electron chi connectivity index (χ4n) is 1.96. The minimum absolute atomic E-state index is 0.544. The van der Waals surface area contributed by atoms with Crippen molar-refractivity contribution in [2.24, 2.45) is 0 Å². The molecule has 0 amide bonds. The Morgan fingerprint density at radius 2 is 2.17 bits per heavy atom. The van der Waals surface area contributed by atoms with Gasteiger partial charge in [0.2, 0.25) is 5.95 Å². The van der Waals surface area contributed by atoms with Crippen LogP contribution < -0.4 is 5.32 Å². The standard InChI is InChI=1S/C15H21N3/c1-4-9-18-10-8-16-15(18)17-14-7-5-6-13(11-14)12(2)3/h5-8,10-12H,4,9H2,1-3H3,(H,16,17). The first kappa shape index (κ1) is 12.7. The van der Waals surface area contributed by atoms with Crippen LogP contribution in [-0.2, 0) is 6.54 Å². The number of nitrogens with zero attached hydrogens (tertiary/aromatic N) is 2. The van der Waals surface area contributed by atoms with Crippen molar-refractivity contribution in [3.8, 4) is 0 Å². The van der Waals surface area contributed by atoms with Gasteiger partial charge in [-0.2, -0.15) is 0 Å². The Labute approximate surface area is 109 Å². The molecule has 1 heterocycles. The normalized spacial score (nSPS) is 10.9. The number of anilines is 2. The van der Waals surface area contributed by atoms with Crippen LogP contribution in [-0.4, -0.2) is 9.55 Å². The van der Waals surface area contributed by atoms with E-state index in [0.717, 1.165) is 24.6 Å². The highest BCUT2D eigenvalue weighted by Crippen LogP contribution is 2.21. The van der Waals surface area contributed by atoms with Gasteiger partial charge in [0.25, 0.3) is 0 Å². The van der Waals surface area contributed by atoms with Gasteiger partial charge >= 0.3 is 0 Å². The Kier molecular flexibility index (Phi) is 4.03. The average molecular weight is 243 g/mol. The fourth-order valence-corrected chi connectivity index (χ4v) is 1.96. The number of benzene rings is 1. The van der Waals surface area contributed by atoms with E-state index in [0.29, 0.717) is 5.92 Å². The molecule has 0 saturated carbocycles. The van der Waals surface area contributed by atoms with Gasteiger partial charge in [-0.15, -0.1) is 0 Å². The van der Waals surface area contributed by atoms with E-state index in [2.05, 4.69) is 59.9 Å². The summed E-state index contributed by atoms with van der Waals surface area (Å²) in [5, 5.41) is 3.38. The van der Waals surface area contributed by atoms with Crippen molar-refractivity contribution in [2.45, 2.75) is 39.7 Å². The highest BCUT2D eigenvalue weighted by molar-refractivity contribution is 5.55. The zero-order valence-corrected chi connectivity index (χ0v) is 11.4. The number of hydrogen-bond acceptors (Lipinski definition) is 2. The van der Waals surface area contributed by atoms with Crippen molar-refractivity contribution < 1.29 is 0 Å². The summed E-state index contributed by atoms with van der Waals surface area (Å²) in [6.07, 6.45) is 4.96. The summed E-state index contributed by atoms with van der Waals surface area (Å²) in [4.78, 5) is 4.36. The molecule has 0 aliphatic heterocycles. The Bertz CT molecular complexity index is 500. The maximum Gasteiger partial charge on any atom is 0.207 e. The monoisotopic (exact) mass is 243 g/mol. The van der Waals surface area contributed by atoms with E-state index in [1.807, 2.05) is 12.4 Å². The molecule has 0 bridgehead atoms. The van der Waals surface area contributed by atoms with Crippen LogP contribution in [0.2, 0.25) is 0 Å². The highest BCUT2D eigenvalue weighted by Gasteiger charge is 2.04. The van der Waals surface area contributed by atoms with Gasteiger partial charge in [-0.1, -0.05) is 32.9 Å². The number of aromatic nitrogens is 2. The van der Waals surface area contributed by atoms with Gasteiger partial charge in [0, 0.05) is 24.6 Å². The van der Waals surface area contributed by atoms with E-state index in [-0.39, 0.29) is 0 Å². The van der Waals surface area contributed by atoms with Gasteiger partial charge in [0.15, 0.2) is 0 Å². The Morgan fingerprint density at radius 1 is 1.33 bits per heavy atom. The van der Waals surface area contributed by atoms with Gasteiger partial charge in [0.1, 0.15) is 0 Å². The van der Waals surface area contributed by atoms with Crippen LogP contribution in [0.15, 0.2) is 36.7 Å². The lowest BCUT2D eigenvalue weighted by atomic mass is 10.0. The molecule has 2 rings (SSSR count). The minimum Gasteiger partial charge on any atom is -0.326 e. The minimum atomic E-state index is 0.544. The molecule has 2 aromatic rings. The second-order valence-corrected chi connectivity index (χ2v) is 4.85. The molecule has 0 unspecified atom stereocenters. The summed E-state index contributed by atoms with van der Waals surface area (Å²) < 4.78 is 2.14. The fraction of sp³-hybridized carbons (Fsp3) is 0.400. The largest absolute Gasteiger partial charge is 0.326 e. The summed E-state index contributed by atoms with van der Waals surface area (Å²) in [7, 11) is 0. The first-order chi connectivity index (χ1) is 8.70. The van der Waals surface area contributed by atoms with Crippen LogP contribution in [0.25, 0.3) is 0 Å². The van der Waals surface area contributed by atoms with Gasteiger partial charge < -0.3 is 9.88 Å². The van der Waals surface area contributed by atoms with E-state index >= 15 is 0 Å². The molecule has 0 fully saturated rings. The van der Waals surface area contributed by atoms with Crippen LogP contribution in [0, 0.1) is 0 Å². The zero-order chi connectivity index (χ0) is 13.0. The van der Waals surface area contributed by atoms with Crippen molar-refractivity contribution in [1.29, 1.82) is 0 Å². The number of imidazole rings is 1. The van der Waals surface area contributed by atoms with E-state index in [9.17, 15) is 0 Å². The lowest BCUT2D eigenvalue weighted by Gasteiger charge is -2.11. The molecule has 0 aliphatic carbocycles. The molecule has 18 heavy (non-hydrogen) atoms. The second kappa shape index (κ2) is 5.71. The molecule has 1 N–H and O–H groups in total. The average Bonchev–Trinajstić information content (AvgIpc) is 2.77. The van der Waals surface area contributed by atoms with E-state index in [1.54, 1.807) is 0 Å². The third-order valence-corrected chi connectivity index (χ3v) is 2.99. The zero-order valence-electron chi connectivity index (χ0n) is 11.4. The maximum absolute atomic E-state index is 4.36. The third kappa shape index (κ3) is 2.92. The molecule has 0 saturated heterocycles. The third-order valence-electron chi connectivity index (χ3n) is 2.99. The molecular formula is C15H21N3. The number of aryl methyl sites for hydroxylation is 1. The number of hydrogen-bond donors (Lipinski definition) is 1. The van der Waals surface area contributed by atoms with Crippen molar-refractivity contribution in [1.82, 2.24) is 9.55 Å². The first-order valence-corrected chi connectivity index (χ1v) is 6.59. The Balaban J connectivity index is 2.17. The molecule has 0 atom stereocenters. The lowest BCUT2D eigenvalue weighted by molar-refractivity contribution is 0.686. The molecule has 1 aromatic heterocycles. The second-order valence-electron chi connectivity index (χ2n) is 4.85. The Hall–Kier alpha value is -1.77. The van der Waals surface area contributed by atoms with E-state index < -0.39 is 0 Å². The van der Waals surface area contributed by atoms with Crippen molar-refractivity contribution in [3.63, 3.8) is 0 Å². The van der Waals surface area contributed by atoms with Crippen LogP contribution in [0.4, 0.5) is 11.6 Å². The molecular weight excluding hydrogens is 222 g/mol. The lowest BCUT2D eigenvalue weighted by Crippen LogP contribution is -2.03. The van der Waals surface area contributed by atoms with Crippen LogP contribution in [0.1, 0.15) is 38.7 Å². The van der Waals surface area contributed by atoms with Crippen molar-refractivity contribution in [2.75, 3.05) is 5.32 Å². The molecule has 3 heteroatoms. The molecule has 1 aromatic carbocycles. The SMILES string of the molecule is CCCn1ccnc1Nc1cccc(C(C)C)c1. The van der Waals surface area contributed by atoms with Crippen LogP contribution >= 0.6 is 0 Å². The molecule has 0 radical (unpaired) electrons. The van der Waals surface area contributed by atoms with Gasteiger partial charge in [-0.05, 0) is 30.0 Å². The summed E-state index contributed by atoms with van der Waals surface area (Å²) in [5.41, 5.74) is 2.44. The maximum atomic E-state index is 4.36. The quantitative estimate of drug-likeness (QED) is 0.854. The predicted molar refractivity (Wildman–Crippen MR) is 76.3 cm³/mol. The highest BCUT2D eigenvalue weighted by atomic mass is 15.2. The summed E-state index contributed by atoms with van der Waals surface area (Å²) in [6.45, 7) is 7.57. The number of rotatable bonds is 5. The van der Waals surface area contributed by atoms with Crippen LogP contribution in [0.3, 0.4) is 0 Å². The predicted octanol–water partition coefficient (Wildman–Crippen LogP) is 4.16. The Morgan fingerprint density at radius 3 is 2.89 bits per heavy atom. The van der Waals surface area contributed by atoms with E-state index in [1.165, 1.54) is 5.56 Å².